The molecule has 222 valence electrons. The zero-order chi connectivity index (χ0) is 31.6. The summed E-state index contributed by atoms with van der Waals surface area (Å²) >= 11 is 0. The van der Waals surface area contributed by atoms with Crippen molar-refractivity contribution in [1.82, 2.24) is 0 Å². The van der Waals surface area contributed by atoms with E-state index >= 15 is 0 Å². The molecule has 0 aliphatic rings. The number of rotatable bonds is 16. The zero-order valence-electron chi connectivity index (χ0n) is 25.6. The molecular weight excluding hydrogens is 544 g/mol. The van der Waals surface area contributed by atoms with E-state index in [9.17, 15) is 21.0 Å². The van der Waals surface area contributed by atoms with Crippen LogP contribution in [0.5, 0.6) is 11.5 Å². The van der Waals surface area contributed by atoms with Crippen molar-refractivity contribution >= 4 is 24.3 Å². The molecule has 0 unspecified atom stereocenters. The van der Waals surface area contributed by atoms with Crippen LogP contribution in [0.3, 0.4) is 0 Å². The Hall–Kier alpha value is -5.30. The Morgan fingerprint density at radius 3 is 1.27 bits per heavy atom. The van der Waals surface area contributed by atoms with Crippen LogP contribution in [0, 0.1) is 45.3 Å². The summed E-state index contributed by atoms with van der Waals surface area (Å²) < 4.78 is 12.6. The monoisotopic (exact) mass is 582 g/mol. The fraction of sp³-hybridized carbons (Fsp3) is 0.316. The second kappa shape index (κ2) is 18.3. The van der Waals surface area contributed by atoms with Gasteiger partial charge in [0.25, 0.3) is 0 Å². The minimum atomic E-state index is 0.334. The van der Waals surface area contributed by atoms with Crippen LogP contribution >= 0.6 is 0 Å². The van der Waals surface area contributed by atoms with E-state index in [-0.39, 0.29) is 0 Å². The summed E-state index contributed by atoms with van der Waals surface area (Å²) in [6, 6.07) is 22.6. The van der Waals surface area contributed by atoms with E-state index in [4.69, 9.17) is 9.47 Å². The highest BCUT2D eigenvalue weighted by Gasteiger charge is 2.11. The average molecular weight is 583 g/mol. The van der Waals surface area contributed by atoms with E-state index in [1.165, 1.54) is 0 Å². The Labute approximate surface area is 261 Å². The number of hydrogen-bond acceptors (Lipinski definition) is 6. The van der Waals surface area contributed by atoms with E-state index in [1.807, 2.05) is 48.6 Å². The van der Waals surface area contributed by atoms with Crippen molar-refractivity contribution in [2.24, 2.45) is 0 Å². The van der Waals surface area contributed by atoms with Gasteiger partial charge in [-0.25, -0.2) is 0 Å². The molecule has 0 fully saturated rings. The molecule has 6 heteroatoms. The molecule has 0 radical (unpaired) electrons. The van der Waals surface area contributed by atoms with Crippen molar-refractivity contribution in [3.8, 4) is 35.8 Å². The Balaban J connectivity index is 2.02. The molecule has 0 N–H and O–H groups in total. The lowest BCUT2D eigenvalue weighted by molar-refractivity contribution is 0.296. The smallest absolute Gasteiger partial charge is 0.127 e. The molecule has 0 aromatic heterocycles. The zero-order valence-corrected chi connectivity index (χ0v) is 25.6. The first kappa shape index (κ1) is 33.2. The molecule has 0 aliphatic heterocycles. The van der Waals surface area contributed by atoms with E-state index < -0.39 is 0 Å². The predicted octanol–water partition coefficient (Wildman–Crippen LogP) is 9.43. The molecule has 3 rings (SSSR count). The summed E-state index contributed by atoms with van der Waals surface area (Å²) in [4.78, 5) is 0. The van der Waals surface area contributed by atoms with Crippen molar-refractivity contribution in [2.75, 3.05) is 13.2 Å². The summed E-state index contributed by atoms with van der Waals surface area (Å²) in [6.07, 6.45) is 16.4. The first-order valence-corrected chi connectivity index (χ1v) is 15.2. The molecule has 0 bridgehead atoms. The van der Waals surface area contributed by atoms with Crippen LogP contribution in [-0.2, 0) is 0 Å². The van der Waals surface area contributed by atoms with E-state index in [0.717, 1.165) is 73.6 Å². The number of nitrogens with zero attached hydrogens (tertiary/aromatic N) is 4. The van der Waals surface area contributed by atoms with Gasteiger partial charge in [-0.3, -0.25) is 0 Å². The number of hydrogen-bond donors (Lipinski definition) is 0. The third-order valence-corrected chi connectivity index (χ3v) is 7.13. The Morgan fingerprint density at radius 2 is 0.909 bits per heavy atom. The number of benzene rings is 3. The van der Waals surface area contributed by atoms with Gasteiger partial charge < -0.3 is 9.47 Å². The normalized spacial score (nSPS) is 10.7. The summed E-state index contributed by atoms with van der Waals surface area (Å²) in [5.41, 5.74) is 4.65. The second-order valence-electron chi connectivity index (χ2n) is 10.5. The van der Waals surface area contributed by atoms with E-state index in [0.29, 0.717) is 47.0 Å². The molecule has 0 saturated heterocycles. The van der Waals surface area contributed by atoms with Crippen molar-refractivity contribution < 1.29 is 9.47 Å². The van der Waals surface area contributed by atoms with Gasteiger partial charge in [0.15, 0.2) is 0 Å². The van der Waals surface area contributed by atoms with Crippen molar-refractivity contribution in [1.29, 1.82) is 21.0 Å². The summed E-state index contributed by atoms with van der Waals surface area (Å²) in [5.74, 6) is 1.42. The fourth-order valence-electron chi connectivity index (χ4n) is 4.61. The van der Waals surface area contributed by atoms with E-state index in [2.05, 4.69) is 38.1 Å². The number of nitriles is 4. The lowest BCUT2D eigenvalue weighted by Crippen LogP contribution is -2.03. The maximum atomic E-state index is 9.46. The van der Waals surface area contributed by atoms with Crippen molar-refractivity contribution in [2.45, 2.75) is 65.2 Å². The molecule has 3 aromatic rings. The molecule has 0 saturated carbocycles. The van der Waals surface area contributed by atoms with Gasteiger partial charge >= 0.3 is 0 Å². The van der Waals surface area contributed by atoms with Crippen molar-refractivity contribution in [3.63, 3.8) is 0 Å². The van der Waals surface area contributed by atoms with Gasteiger partial charge in [-0.1, -0.05) is 88.8 Å². The summed E-state index contributed by atoms with van der Waals surface area (Å²) in [6.45, 7) is 5.52. The standard InChI is InChI=1S/C38H38N4O2/c1-3-5-7-9-19-43-37-23-32(16-12-30-14-18-34(26-40)36(22-30)28-42)38(44-20-10-8-6-4-2)24-31(37)15-11-29-13-17-33(25-39)35(21-29)27-41/h11-18,21-24H,3-10,19-20H2,1-2H3/b15-11+,16-12+. The summed E-state index contributed by atoms with van der Waals surface area (Å²) in [5, 5.41) is 37.5. The Bertz CT molecular complexity index is 1520. The minimum absolute atomic E-state index is 0.334. The third-order valence-electron chi connectivity index (χ3n) is 7.13. The van der Waals surface area contributed by atoms with Crippen LogP contribution in [0.4, 0.5) is 0 Å². The lowest BCUT2D eigenvalue weighted by atomic mass is 10.0. The van der Waals surface area contributed by atoms with Gasteiger partial charge in [0.2, 0.25) is 0 Å². The predicted molar refractivity (Wildman–Crippen MR) is 175 cm³/mol. The molecule has 0 spiro atoms. The van der Waals surface area contributed by atoms with Crippen LogP contribution < -0.4 is 9.47 Å². The van der Waals surface area contributed by atoms with Gasteiger partial charge in [-0.15, -0.1) is 0 Å². The van der Waals surface area contributed by atoms with Gasteiger partial charge in [0.05, 0.1) is 35.5 Å². The van der Waals surface area contributed by atoms with Crippen LogP contribution in [0.1, 0.15) is 110 Å². The van der Waals surface area contributed by atoms with Gasteiger partial charge in [-0.05, 0) is 60.4 Å². The molecule has 44 heavy (non-hydrogen) atoms. The SMILES string of the molecule is CCCCCCOc1cc(/C=C/c2ccc(C#N)c(C#N)c2)c(OCCCCCC)cc1/C=C/c1ccc(C#N)c(C#N)c1. The molecular formula is C38H38N4O2. The van der Waals surface area contributed by atoms with Gasteiger partial charge in [-0.2, -0.15) is 21.0 Å². The van der Waals surface area contributed by atoms with Crippen LogP contribution in [-0.4, -0.2) is 13.2 Å². The maximum absolute atomic E-state index is 9.46. The molecule has 0 amide bonds. The topological polar surface area (TPSA) is 114 Å². The van der Waals surface area contributed by atoms with Crippen molar-refractivity contribution in [3.05, 3.63) is 93.0 Å². The average Bonchev–Trinajstić information content (AvgIpc) is 3.06. The molecule has 3 aromatic carbocycles. The molecule has 0 heterocycles. The highest BCUT2D eigenvalue weighted by molar-refractivity contribution is 5.79. The molecule has 0 atom stereocenters. The highest BCUT2D eigenvalue weighted by atomic mass is 16.5. The van der Waals surface area contributed by atoms with Gasteiger partial charge in [0, 0.05) is 11.1 Å². The molecule has 0 aliphatic carbocycles. The number of unbranched alkanes of at least 4 members (excludes halogenated alkanes) is 6. The van der Waals surface area contributed by atoms with Crippen LogP contribution in [0.2, 0.25) is 0 Å². The second-order valence-corrected chi connectivity index (χ2v) is 10.5. The number of ether oxygens (including phenoxy) is 2. The van der Waals surface area contributed by atoms with E-state index in [1.54, 1.807) is 24.3 Å². The minimum Gasteiger partial charge on any atom is -0.493 e. The summed E-state index contributed by atoms with van der Waals surface area (Å²) in [7, 11) is 0. The highest BCUT2D eigenvalue weighted by Crippen LogP contribution is 2.33. The largest absolute Gasteiger partial charge is 0.493 e. The Kier molecular flexibility index (Phi) is 13.8. The quantitative estimate of drug-likeness (QED) is 0.123. The Morgan fingerprint density at radius 1 is 0.500 bits per heavy atom. The maximum Gasteiger partial charge on any atom is 0.127 e. The molecule has 6 nitrogen and oxygen atoms in total. The first-order valence-electron chi connectivity index (χ1n) is 15.2. The van der Waals surface area contributed by atoms with Gasteiger partial charge in [0.1, 0.15) is 35.8 Å². The van der Waals surface area contributed by atoms with Crippen LogP contribution in [0.15, 0.2) is 48.5 Å². The lowest BCUT2D eigenvalue weighted by Gasteiger charge is -2.15. The third kappa shape index (κ3) is 9.91. The first-order chi connectivity index (χ1) is 21.6. The fourth-order valence-corrected chi connectivity index (χ4v) is 4.61. The van der Waals surface area contributed by atoms with Crippen LogP contribution in [0.25, 0.3) is 24.3 Å².